The normalized spacial score (nSPS) is 5.54. The van der Waals surface area contributed by atoms with Crippen LogP contribution in [0.5, 0.6) is 0 Å². The van der Waals surface area contributed by atoms with Crippen molar-refractivity contribution in [2.45, 2.75) is 46.5 Å². The van der Waals surface area contributed by atoms with Crippen molar-refractivity contribution in [3.63, 3.8) is 0 Å². The summed E-state index contributed by atoms with van der Waals surface area (Å²) in [4.78, 5) is 0. The van der Waals surface area contributed by atoms with Crippen molar-refractivity contribution in [2.75, 3.05) is 0 Å². The van der Waals surface area contributed by atoms with Gasteiger partial charge in [-0.1, -0.05) is 26.2 Å². The Morgan fingerprint density at radius 3 is 1.38 bits per heavy atom. The van der Waals surface area contributed by atoms with Gasteiger partial charge in [0, 0.05) is 0 Å². The SMILES string of the molecule is C[CH-]C.[CH2-]CCCCC.[Cl-].[Cl-].[Mg+2].[Mg+2]. The van der Waals surface area contributed by atoms with Crippen LogP contribution >= 0.6 is 0 Å². The zero-order chi connectivity index (χ0) is 7.54. The third-order valence-corrected chi connectivity index (χ3v) is 0.854. The molecule has 0 bridgehead atoms. The van der Waals surface area contributed by atoms with E-state index in [9.17, 15) is 0 Å². The van der Waals surface area contributed by atoms with E-state index in [-0.39, 0.29) is 70.9 Å². The first-order valence-electron chi connectivity index (χ1n) is 3.86. The van der Waals surface area contributed by atoms with Gasteiger partial charge in [-0.05, 0) is 0 Å². The minimum atomic E-state index is 0. The van der Waals surface area contributed by atoms with Crippen LogP contribution in [-0.2, 0) is 0 Å². The smallest absolute Gasteiger partial charge is 1.00 e. The fourth-order valence-corrected chi connectivity index (χ4v) is 0.427. The van der Waals surface area contributed by atoms with Crippen molar-refractivity contribution < 1.29 is 24.8 Å². The van der Waals surface area contributed by atoms with Crippen LogP contribution in [0.25, 0.3) is 0 Å². The molecule has 0 aromatic heterocycles. The summed E-state index contributed by atoms with van der Waals surface area (Å²) in [6, 6.07) is 0. The summed E-state index contributed by atoms with van der Waals surface area (Å²) in [7, 11) is 0. The van der Waals surface area contributed by atoms with Crippen LogP contribution in [0.3, 0.4) is 0 Å². The third kappa shape index (κ3) is 79.2. The van der Waals surface area contributed by atoms with Gasteiger partial charge in [0.15, 0.2) is 0 Å². The van der Waals surface area contributed by atoms with Crippen molar-refractivity contribution in [1.29, 1.82) is 0 Å². The van der Waals surface area contributed by atoms with E-state index >= 15 is 0 Å². The molecule has 0 rings (SSSR count). The molecule has 0 aliphatic heterocycles. The number of rotatable bonds is 3. The van der Waals surface area contributed by atoms with E-state index in [1.54, 1.807) is 0 Å². The molecule has 0 saturated carbocycles. The summed E-state index contributed by atoms with van der Waals surface area (Å²) < 4.78 is 0. The van der Waals surface area contributed by atoms with Crippen molar-refractivity contribution in [1.82, 2.24) is 0 Å². The largest absolute Gasteiger partial charge is 2.00 e. The third-order valence-electron chi connectivity index (χ3n) is 0.854. The molecule has 0 unspecified atom stereocenters. The first-order valence-corrected chi connectivity index (χ1v) is 3.86. The van der Waals surface area contributed by atoms with E-state index in [1.807, 2.05) is 20.3 Å². The fourth-order valence-electron chi connectivity index (χ4n) is 0.427. The quantitative estimate of drug-likeness (QED) is 0.281. The van der Waals surface area contributed by atoms with E-state index in [2.05, 4.69) is 13.8 Å². The maximum Gasteiger partial charge on any atom is 2.00 e. The van der Waals surface area contributed by atoms with E-state index < -0.39 is 0 Å². The van der Waals surface area contributed by atoms with Crippen LogP contribution in [0.15, 0.2) is 0 Å². The average molecular weight is 248 g/mol. The predicted octanol–water partition coefficient (Wildman–Crippen LogP) is -3.12. The summed E-state index contributed by atoms with van der Waals surface area (Å²) in [5.41, 5.74) is 0. The van der Waals surface area contributed by atoms with Crippen molar-refractivity contribution in [3.8, 4) is 0 Å². The van der Waals surface area contributed by atoms with E-state index in [1.165, 1.54) is 19.3 Å². The van der Waals surface area contributed by atoms with Gasteiger partial charge in [-0.2, -0.15) is 20.3 Å². The molecule has 0 aliphatic rings. The monoisotopic (exact) mass is 246 g/mol. The second kappa shape index (κ2) is 48.0. The van der Waals surface area contributed by atoms with Crippen molar-refractivity contribution in [3.05, 3.63) is 13.3 Å². The minimum Gasteiger partial charge on any atom is -1.00 e. The Kier molecular flexibility index (Phi) is 134. The molecular formula is C9H20Cl2Mg2. The molecule has 0 N–H and O–H groups in total. The first kappa shape index (κ1) is 36.2. The van der Waals surface area contributed by atoms with Gasteiger partial charge in [-0.15, -0.1) is 0 Å². The predicted molar refractivity (Wildman–Crippen MR) is 56.7 cm³/mol. The van der Waals surface area contributed by atoms with Crippen LogP contribution in [0.2, 0.25) is 0 Å². The van der Waals surface area contributed by atoms with Crippen LogP contribution in [-0.4, -0.2) is 46.1 Å². The summed E-state index contributed by atoms with van der Waals surface area (Å²) in [6.07, 6.45) is 7.07. The van der Waals surface area contributed by atoms with Gasteiger partial charge in [0.1, 0.15) is 0 Å². The number of halogens is 2. The van der Waals surface area contributed by atoms with Gasteiger partial charge < -0.3 is 38.2 Å². The second-order valence-electron chi connectivity index (χ2n) is 2.14. The molecule has 0 spiro atoms. The Hall–Kier alpha value is 2.11. The molecule has 0 fully saturated rings. The van der Waals surface area contributed by atoms with E-state index in [4.69, 9.17) is 0 Å². The molecule has 4 heteroatoms. The average Bonchev–Trinajstić information content (AvgIpc) is 1.86. The molecule has 0 atom stereocenters. The van der Waals surface area contributed by atoms with Crippen LogP contribution in [0.4, 0.5) is 0 Å². The standard InChI is InChI=1S/C6H13.C3H7.2ClH.2Mg/c1-3-5-6-4-2;1-3-2;;;;/h1,3-6H2,2H3;3H,1-2H3;2*1H;;/q2*-1;;;2*+2/p-2. The fraction of sp³-hybridized carbons (Fsp3) is 0.778. The van der Waals surface area contributed by atoms with Gasteiger partial charge in [-0.25, -0.2) is 0 Å². The molecule has 0 heterocycles. The maximum absolute atomic E-state index is 3.72. The Bertz CT molecular complexity index is 34.8. The molecule has 74 valence electrons. The van der Waals surface area contributed by atoms with Gasteiger partial charge >= 0.3 is 46.1 Å². The van der Waals surface area contributed by atoms with Crippen LogP contribution in [0.1, 0.15) is 46.5 Å². The van der Waals surface area contributed by atoms with Crippen molar-refractivity contribution in [2.24, 2.45) is 0 Å². The Morgan fingerprint density at radius 1 is 1.00 bits per heavy atom. The molecule has 13 heavy (non-hydrogen) atoms. The maximum atomic E-state index is 3.72. The molecule has 0 amide bonds. The number of hydrogen-bond donors (Lipinski definition) is 0. The van der Waals surface area contributed by atoms with Gasteiger partial charge in [0.25, 0.3) is 0 Å². The molecule has 0 aromatic carbocycles. The van der Waals surface area contributed by atoms with Crippen LogP contribution in [0, 0.1) is 13.3 Å². The van der Waals surface area contributed by atoms with Gasteiger partial charge in [0.05, 0.1) is 0 Å². The zero-order valence-electron chi connectivity index (χ0n) is 9.28. The number of unbranched alkanes of at least 4 members (excludes halogenated alkanes) is 3. The Labute approximate surface area is 130 Å². The summed E-state index contributed by atoms with van der Waals surface area (Å²) >= 11 is 0. The molecule has 0 aliphatic carbocycles. The van der Waals surface area contributed by atoms with Crippen LogP contribution < -0.4 is 24.8 Å². The zero-order valence-corrected chi connectivity index (χ0v) is 13.6. The number of hydrogen-bond acceptors (Lipinski definition) is 0. The molecule has 0 nitrogen and oxygen atoms in total. The van der Waals surface area contributed by atoms with Crippen molar-refractivity contribution >= 4 is 46.1 Å². The summed E-state index contributed by atoms with van der Waals surface area (Å²) in [5.74, 6) is 0. The van der Waals surface area contributed by atoms with Gasteiger partial charge in [0.2, 0.25) is 0 Å². The molecule has 0 aromatic rings. The first-order chi connectivity index (χ1) is 4.33. The molecule has 0 radical (unpaired) electrons. The van der Waals surface area contributed by atoms with E-state index in [0.29, 0.717) is 0 Å². The Morgan fingerprint density at radius 2 is 1.31 bits per heavy atom. The Balaban J connectivity index is -0.0000000160. The van der Waals surface area contributed by atoms with E-state index in [0.717, 1.165) is 6.42 Å². The second-order valence-corrected chi connectivity index (χ2v) is 2.14. The molecule has 0 saturated heterocycles. The van der Waals surface area contributed by atoms with Gasteiger partial charge in [-0.3, -0.25) is 0 Å². The topological polar surface area (TPSA) is 0 Å². The minimum absolute atomic E-state index is 0. The summed E-state index contributed by atoms with van der Waals surface area (Å²) in [5, 5.41) is 0. The summed E-state index contributed by atoms with van der Waals surface area (Å²) in [6.45, 7) is 9.93. The molecular weight excluding hydrogens is 228 g/mol.